The maximum atomic E-state index is 5.17. The zero-order chi connectivity index (χ0) is 11.4. The van der Waals surface area contributed by atoms with Gasteiger partial charge in [-0.2, -0.15) is 0 Å². The monoisotopic (exact) mass is 234 g/mol. The van der Waals surface area contributed by atoms with Gasteiger partial charge in [0.05, 0.1) is 7.11 Å². The summed E-state index contributed by atoms with van der Waals surface area (Å²) in [5, 5.41) is 3.07. The maximum absolute atomic E-state index is 5.17. The molecule has 0 aliphatic carbocycles. The first-order chi connectivity index (χ1) is 7.79. The quantitative estimate of drug-likeness (QED) is 0.798. The number of pyridine rings is 1. The lowest BCUT2D eigenvalue weighted by Gasteiger charge is -2.08. The van der Waals surface area contributed by atoms with E-state index in [0.717, 1.165) is 5.82 Å². The Bertz CT molecular complexity index is 540. The molecule has 0 aromatic carbocycles. The van der Waals surface area contributed by atoms with Crippen LogP contribution in [0.1, 0.15) is 0 Å². The fourth-order valence-corrected chi connectivity index (χ4v) is 1.39. The van der Waals surface area contributed by atoms with Crippen LogP contribution in [0.5, 0.6) is 5.75 Å². The highest BCUT2D eigenvalue weighted by Crippen LogP contribution is 2.22. The molecule has 2 N–H and O–H groups in total. The minimum atomic E-state index is 0.417. The van der Waals surface area contributed by atoms with E-state index in [1.165, 1.54) is 0 Å². The summed E-state index contributed by atoms with van der Waals surface area (Å²) in [6, 6.07) is 5.40. The number of aromatic nitrogens is 3. The number of hydrogen-bond acceptors (Lipinski definition) is 5. The molecule has 0 saturated carbocycles. The van der Waals surface area contributed by atoms with Crippen LogP contribution in [-0.4, -0.2) is 22.1 Å². The van der Waals surface area contributed by atoms with E-state index in [0.29, 0.717) is 16.3 Å². The molecule has 0 aliphatic rings. The topological polar surface area (TPSA) is 62.8 Å². The molecule has 0 radical (unpaired) electrons. The molecule has 0 amide bonds. The van der Waals surface area contributed by atoms with Gasteiger partial charge in [-0.05, 0) is 30.4 Å². The zero-order valence-corrected chi connectivity index (χ0v) is 9.41. The van der Waals surface area contributed by atoms with Crippen LogP contribution in [0, 0.1) is 4.77 Å². The standard InChI is InChI=1S/C10H10N4OS/c1-15-7-3-2-5-11-9(7)13-8-4-6-12-10(16)14-8/h2-6H,1H3,(H2,11,12,13,14,16). The second-order valence-corrected chi connectivity index (χ2v) is 3.35. The van der Waals surface area contributed by atoms with Crippen LogP contribution in [0.2, 0.25) is 0 Å². The molecule has 0 unspecified atom stereocenters. The van der Waals surface area contributed by atoms with E-state index in [1.54, 1.807) is 31.6 Å². The Labute approximate surface area is 97.5 Å². The van der Waals surface area contributed by atoms with Crippen LogP contribution in [0.4, 0.5) is 11.6 Å². The molecule has 0 spiro atoms. The average Bonchev–Trinajstić information content (AvgIpc) is 2.30. The van der Waals surface area contributed by atoms with Gasteiger partial charge in [0.25, 0.3) is 0 Å². The Kier molecular flexibility index (Phi) is 3.11. The first-order valence-corrected chi connectivity index (χ1v) is 5.02. The van der Waals surface area contributed by atoms with E-state index in [9.17, 15) is 0 Å². The molecular formula is C10H10N4OS. The summed E-state index contributed by atoms with van der Waals surface area (Å²) in [5.74, 6) is 2.01. The van der Waals surface area contributed by atoms with Crippen molar-refractivity contribution in [3.8, 4) is 5.75 Å². The molecule has 5 nitrogen and oxygen atoms in total. The first-order valence-electron chi connectivity index (χ1n) is 4.61. The van der Waals surface area contributed by atoms with Crippen molar-refractivity contribution in [2.45, 2.75) is 0 Å². The second-order valence-electron chi connectivity index (χ2n) is 2.97. The van der Waals surface area contributed by atoms with E-state index in [1.807, 2.05) is 6.07 Å². The summed E-state index contributed by atoms with van der Waals surface area (Å²) in [5.41, 5.74) is 0. The van der Waals surface area contributed by atoms with Gasteiger partial charge in [-0.25, -0.2) is 9.97 Å². The van der Waals surface area contributed by atoms with E-state index < -0.39 is 0 Å². The Hall–Kier alpha value is -1.95. The Morgan fingerprint density at radius 2 is 2.19 bits per heavy atom. The molecule has 16 heavy (non-hydrogen) atoms. The highest BCUT2D eigenvalue weighted by molar-refractivity contribution is 7.71. The van der Waals surface area contributed by atoms with E-state index in [2.05, 4.69) is 20.3 Å². The van der Waals surface area contributed by atoms with Gasteiger partial charge in [-0.1, -0.05) is 0 Å². The van der Waals surface area contributed by atoms with Gasteiger partial charge in [0, 0.05) is 12.4 Å². The van der Waals surface area contributed by atoms with Gasteiger partial charge in [-0.15, -0.1) is 0 Å². The van der Waals surface area contributed by atoms with Crippen LogP contribution in [0.25, 0.3) is 0 Å². The third kappa shape index (κ3) is 2.34. The number of hydrogen-bond donors (Lipinski definition) is 2. The predicted molar refractivity (Wildman–Crippen MR) is 63.5 cm³/mol. The minimum Gasteiger partial charge on any atom is -0.493 e. The van der Waals surface area contributed by atoms with Gasteiger partial charge >= 0.3 is 0 Å². The number of nitrogens with one attached hydrogen (secondary N) is 2. The maximum Gasteiger partial charge on any atom is 0.198 e. The van der Waals surface area contributed by atoms with Crippen molar-refractivity contribution in [2.24, 2.45) is 0 Å². The summed E-state index contributed by atoms with van der Waals surface area (Å²) < 4.78 is 5.58. The summed E-state index contributed by atoms with van der Waals surface area (Å²) in [6.45, 7) is 0. The first kappa shape index (κ1) is 10.6. The molecule has 0 aliphatic heterocycles. The number of rotatable bonds is 3. The summed E-state index contributed by atoms with van der Waals surface area (Å²) in [4.78, 5) is 11.0. The highest BCUT2D eigenvalue weighted by atomic mass is 32.1. The van der Waals surface area contributed by atoms with E-state index in [-0.39, 0.29) is 0 Å². The van der Waals surface area contributed by atoms with Crippen molar-refractivity contribution in [1.29, 1.82) is 0 Å². The number of anilines is 2. The third-order valence-electron chi connectivity index (χ3n) is 1.92. The van der Waals surface area contributed by atoms with E-state index >= 15 is 0 Å². The molecule has 0 saturated heterocycles. The average molecular weight is 234 g/mol. The predicted octanol–water partition coefficient (Wildman–Crippen LogP) is 2.29. The van der Waals surface area contributed by atoms with Crippen molar-refractivity contribution in [3.05, 3.63) is 35.4 Å². The lowest BCUT2D eigenvalue weighted by molar-refractivity contribution is 0.415. The fraction of sp³-hybridized carbons (Fsp3) is 0.100. The van der Waals surface area contributed by atoms with Crippen LogP contribution in [0.15, 0.2) is 30.6 Å². The molecule has 2 rings (SSSR count). The number of methoxy groups -OCH3 is 1. The van der Waals surface area contributed by atoms with Crippen molar-refractivity contribution in [2.75, 3.05) is 12.4 Å². The SMILES string of the molecule is COc1cccnc1Nc1ccnc(=S)[nH]1. The van der Waals surface area contributed by atoms with Gasteiger partial charge in [-0.3, -0.25) is 0 Å². The largest absolute Gasteiger partial charge is 0.493 e. The Balaban J connectivity index is 2.30. The van der Waals surface area contributed by atoms with E-state index in [4.69, 9.17) is 17.0 Å². The molecule has 2 aromatic heterocycles. The van der Waals surface area contributed by atoms with Crippen LogP contribution >= 0.6 is 12.2 Å². The van der Waals surface area contributed by atoms with Gasteiger partial charge in [0.15, 0.2) is 16.3 Å². The van der Waals surface area contributed by atoms with Gasteiger partial charge in [0.1, 0.15) is 5.82 Å². The van der Waals surface area contributed by atoms with Crippen molar-refractivity contribution >= 4 is 23.9 Å². The van der Waals surface area contributed by atoms with Crippen molar-refractivity contribution < 1.29 is 4.74 Å². The number of H-pyrrole nitrogens is 1. The highest BCUT2D eigenvalue weighted by Gasteiger charge is 2.03. The number of ether oxygens (including phenoxy) is 1. The molecule has 82 valence electrons. The van der Waals surface area contributed by atoms with Crippen molar-refractivity contribution in [3.63, 3.8) is 0 Å². The number of aromatic amines is 1. The molecule has 2 heterocycles. The lowest BCUT2D eigenvalue weighted by atomic mass is 10.4. The summed E-state index contributed by atoms with van der Waals surface area (Å²) in [7, 11) is 1.59. The molecule has 2 aromatic rings. The molecule has 6 heteroatoms. The molecule has 0 fully saturated rings. The normalized spacial score (nSPS) is 9.81. The van der Waals surface area contributed by atoms with Crippen LogP contribution < -0.4 is 10.1 Å². The molecule has 0 atom stereocenters. The second kappa shape index (κ2) is 4.71. The van der Waals surface area contributed by atoms with Gasteiger partial charge < -0.3 is 15.0 Å². The fourth-order valence-electron chi connectivity index (χ4n) is 1.22. The van der Waals surface area contributed by atoms with Crippen LogP contribution in [0.3, 0.4) is 0 Å². The lowest BCUT2D eigenvalue weighted by Crippen LogP contribution is -1.99. The van der Waals surface area contributed by atoms with Gasteiger partial charge in [0.2, 0.25) is 0 Å². The number of nitrogens with zero attached hydrogens (tertiary/aromatic N) is 2. The molecule has 0 bridgehead atoms. The smallest absolute Gasteiger partial charge is 0.198 e. The minimum absolute atomic E-state index is 0.417. The summed E-state index contributed by atoms with van der Waals surface area (Å²) >= 11 is 4.92. The molecular weight excluding hydrogens is 224 g/mol. The Morgan fingerprint density at radius 3 is 2.94 bits per heavy atom. The Morgan fingerprint density at radius 1 is 1.31 bits per heavy atom. The van der Waals surface area contributed by atoms with Crippen LogP contribution in [-0.2, 0) is 0 Å². The zero-order valence-electron chi connectivity index (χ0n) is 8.60. The summed E-state index contributed by atoms with van der Waals surface area (Å²) in [6.07, 6.45) is 3.30. The third-order valence-corrected chi connectivity index (χ3v) is 2.13. The van der Waals surface area contributed by atoms with Crippen molar-refractivity contribution in [1.82, 2.24) is 15.0 Å².